The lowest BCUT2D eigenvalue weighted by atomic mass is 10.1. The molecule has 0 bridgehead atoms. The van der Waals surface area contributed by atoms with Crippen molar-refractivity contribution in [3.05, 3.63) is 75.7 Å². The zero-order valence-corrected chi connectivity index (χ0v) is 19.8. The second kappa shape index (κ2) is 9.54. The molecule has 6 nitrogen and oxygen atoms in total. The maximum atomic E-state index is 14.3. The van der Waals surface area contributed by atoms with Gasteiger partial charge in [-0.2, -0.15) is 11.3 Å². The Hall–Kier alpha value is -2.88. The third-order valence-electron chi connectivity index (χ3n) is 5.38. The summed E-state index contributed by atoms with van der Waals surface area (Å²) < 4.78 is 33.8. The lowest BCUT2D eigenvalue weighted by Crippen LogP contribution is -2.18. The zero-order chi connectivity index (χ0) is 22.8. The highest BCUT2D eigenvalue weighted by Gasteiger charge is 2.26. The van der Waals surface area contributed by atoms with Crippen molar-refractivity contribution in [1.82, 2.24) is 14.8 Å². The lowest BCUT2D eigenvalue weighted by molar-refractivity contribution is -0.111. The molecule has 9 heteroatoms. The fourth-order valence-electron chi connectivity index (χ4n) is 3.81. The molecular formula is C24H22FN3O3S2. The van der Waals surface area contributed by atoms with Crippen LogP contribution in [0, 0.1) is 5.82 Å². The SMILES string of the molecule is CCn1c(SCc2cc(F)cc3c2OC(c2ccsc2)OC3)nnc1-c1ccccc1OC. The second-order valence-electron chi connectivity index (χ2n) is 7.41. The number of rotatable bonds is 7. The van der Waals surface area contributed by atoms with Gasteiger partial charge in [-0.3, -0.25) is 0 Å². The van der Waals surface area contributed by atoms with Crippen LogP contribution < -0.4 is 9.47 Å². The Bertz CT molecular complexity index is 1260. The Balaban J connectivity index is 1.42. The van der Waals surface area contributed by atoms with Gasteiger partial charge in [-0.1, -0.05) is 23.9 Å². The largest absolute Gasteiger partial charge is 0.496 e. The molecule has 0 fully saturated rings. The average Bonchev–Trinajstić information content (AvgIpc) is 3.52. The van der Waals surface area contributed by atoms with E-state index in [1.54, 1.807) is 18.4 Å². The van der Waals surface area contributed by atoms with Gasteiger partial charge >= 0.3 is 0 Å². The number of halogens is 1. The van der Waals surface area contributed by atoms with Gasteiger partial charge in [0.1, 0.15) is 17.3 Å². The normalized spacial score (nSPS) is 15.2. The zero-order valence-electron chi connectivity index (χ0n) is 18.2. The van der Waals surface area contributed by atoms with Crippen LogP contribution >= 0.6 is 23.1 Å². The van der Waals surface area contributed by atoms with E-state index in [0.29, 0.717) is 30.2 Å². The maximum absolute atomic E-state index is 14.3. The first-order valence-electron chi connectivity index (χ1n) is 10.5. The number of methoxy groups -OCH3 is 1. The van der Waals surface area contributed by atoms with E-state index in [-0.39, 0.29) is 5.82 Å². The smallest absolute Gasteiger partial charge is 0.227 e. The molecule has 1 aliphatic heterocycles. The van der Waals surface area contributed by atoms with Gasteiger partial charge in [-0.15, -0.1) is 10.2 Å². The van der Waals surface area contributed by atoms with Crippen LogP contribution in [0.4, 0.5) is 4.39 Å². The van der Waals surface area contributed by atoms with Crippen molar-refractivity contribution in [2.75, 3.05) is 7.11 Å². The Morgan fingerprint density at radius 3 is 2.91 bits per heavy atom. The highest BCUT2D eigenvalue weighted by molar-refractivity contribution is 7.98. The second-order valence-corrected chi connectivity index (χ2v) is 9.13. The summed E-state index contributed by atoms with van der Waals surface area (Å²) in [5, 5.41) is 13.6. The van der Waals surface area contributed by atoms with Gasteiger partial charge in [0.2, 0.25) is 6.29 Å². The molecule has 170 valence electrons. The molecule has 33 heavy (non-hydrogen) atoms. The number of hydrogen-bond acceptors (Lipinski definition) is 7. The molecule has 4 aromatic rings. The third kappa shape index (κ3) is 4.36. The molecular weight excluding hydrogens is 461 g/mol. The molecule has 2 aromatic heterocycles. The molecule has 1 unspecified atom stereocenters. The summed E-state index contributed by atoms with van der Waals surface area (Å²) in [6.45, 7) is 3.03. The number of nitrogens with zero attached hydrogens (tertiary/aromatic N) is 3. The van der Waals surface area contributed by atoms with Crippen LogP contribution in [0.15, 0.2) is 58.4 Å². The summed E-state index contributed by atoms with van der Waals surface area (Å²) in [5.74, 6) is 2.33. The molecule has 2 aromatic carbocycles. The number of aromatic nitrogens is 3. The minimum absolute atomic E-state index is 0.300. The topological polar surface area (TPSA) is 58.4 Å². The lowest BCUT2D eigenvalue weighted by Gasteiger charge is -2.27. The summed E-state index contributed by atoms with van der Waals surface area (Å²) in [6, 6.07) is 12.7. The first-order valence-corrected chi connectivity index (χ1v) is 12.4. The van der Waals surface area contributed by atoms with Crippen LogP contribution in [0.5, 0.6) is 11.5 Å². The predicted octanol–water partition coefficient (Wildman–Crippen LogP) is 6.07. The van der Waals surface area contributed by atoms with Crippen LogP contribution in [0.2, 0.25) is 0 Å². The van der Waals surface area contributed by atoms with Crippen molar-refractivity contribution < 1.29 is 18.6 Å². The fraction of sp³-hybridized carbons (Fsp3) is 0.250. The molecule has 1 aliphatic rings. The number of hydrogen-bond donors (Lipinski definition) is 0. The number of thiophene rings is 1. The van der Waals surface area contributed by atoms with Crippen molar-refractivity contribution in [2.24, 2.45) is 0 Å². The molecule has 0 saturated carbocycles. The van der Waals surface area contributed by atoms with E-state index in [2.05, 4.69) is 10.2 Å². The standard InChI is InChI=1S/C24H22FN3O3S2/c1-3-28-22(19-6-4-5-7-20(19)29-2)26-27-24(28)33-14-17-11-18(25)10-16-12-30-23(31-21(16)17)15-8-9-32-13-15/h4-11,13,23H,3,12,14H2,1-2H3. The van der Waals surface area contributed by atoms with E-state index < -0.39 is 6.29 Å². The molecule has 0 amide bonds. The molecule has 5 rings (SSSR count). The van der Waals surface area contributed by atoms with Gasteiger partial charge in [0.15, 0.2) is 11.0 Å². The molecule has 3 heterocycles. The van der Waals surface area contributed by atoms with Crippen LogP contribution in [-0.4, -0.2) is 21.9 Å². The highest BCUT2D eigenvalue weighted by Crippen LogP contribution is 2.39. The van der Waals surface area contributed by atoms with Crippen molar-refractivity contribution >= 4 is 23.1 Å². The number of para-hydroxylation sites is 1. The van der Waals surface area contributed by atoms with Gasteiger partial charge in [0.05, 0.1) is 19.3 Å². The molecule has 0 radical (unpaired) electrons. The molecule has 0 saturated heterocycles. The van der Waals surface area contributed by atoms with E-state index >= 15 is 0 Å². The van der Waals surface area contributed by atoms with Crippen LogP contribution in [-0.2, 0) is 23.6 Å². The molecule has 1 atom stereocenters. The number of fused-ring (bicyclic) bond motifs is 1. The summed E-state index contributed by atoms with van der Waals surface area (Å²) in [6.07, 6.45) is -0.491. The van der Waals surface area contributed by atoms with Crippen LogP contribution in [0.3, 0.4) is 0 Å². The average molecular weight is 484 g/mol. The third-order valence-corrected chi connectivity index (χ3v) is 7.09. The first kappa shape index (κ1) is 21.9. The minimum atomic E-state index is -0.491. The number of benzene rings is 2. The van der Waals surface area contributed by atoms with Crippen molar-refractivity contribution in [1.29, 1.82) is 0 Å². The summed E-state index contributed by atoms with van der Waals surface area (Å²) in [4.78, 5) is 0. The van der Waals surface area contributed by atoms with Gasteiger partial charge in [-0.25, -0.2) is 4.39 Å². The summed E-state index contributed by atoms with van der Waals surface area (Å²) >= 11 is 3.08. The van der Waals surface area contributed by atoms with E-state index in [4.69, 9.17) is 14.2 Å². The van der Waals surface area contributed by atoms with Gasteiger partial charge in [0, 0.05) is 34.4 Å². The Morgan fingerprint density at radius 1 is 1.24 bits per heavy atom. The van der Waals surface area contributed by atoms with Gasteiger partial charge < -0.3 is 18.8 Å². The van der Waals surface area contributed by atoms with E-state index in [0.717, 1.165) is 33.4 Å². The molecule has 0 N–H and O–H groups in total. The maximum Gasteiger partial charge on any atom is 0.227 e. The Kier molecular flexibility index (Phi) is 6.34. The van der Waals surface area contributed by atoms with Crippen molar-refractivity contribution in [3.63, 3.8) is 0 Å². The van der Waals surface area contributed by atoms with Crippen molar-refractivity contribution in [3.8, 4) is 22.9 Å². The van der Waals surface area contributed by atoms with E-state index in [1.165, 1.54) is 23.9 Å². The highest BCUT2D eigenvalue weighted by atomic mass is 32.2. The van der Waals surface area contributed by atoms with Crippen LogP contribution in [0.25, 0.3) is 11.4 Å². The Morgan fingerprint density at radius 2 is 2.12 bits per heavy atom. The fourth-order valence-corrected chi connectivity index (χ4v) is 5.44. The quantitative estimate of drug-likeness (QED) is 0.297. The van der Waals surface area contributed by atoms with E-state index in [1.807, 2.05) is 52.6 Å². The van der Waals surface area contributed by atoms with E-state index in [9.17, 15) is 4.39 Å². The molecule has 0 aliphatic carbocycles. The number of ether oxygens (including phenoxy) is 3. The summed E-state index contributed by atoms with van der Waals surface area (Å²) in [5.41, 5.74) is 3.32. The minimum Gasteiger partial charge on any atom is -0.496 e. The number of thioether (sulfide) groups is 1. The summed E-state index contributed by atoms with van der Waals surface area (Å²) in [7, 11) is 1.64. The monoisotopic (exact) mass is 483 g/mol. The van der Waals surface area contributed by atoms with Crippen LogP contribution in [0.1, 0.15) is 29.9 Å². The first-order chi connectivity index (χ1) is 16.2. The predicted molar refractivity (Wildman–Crippen MR) is 126 cm³/mol. The van der Waals surface area contributed by atoms with Gasteiger partial charge in [0.25, 0.3) is 0 Å². The van der Waals surface area contributed by atoms with Crippen molar-refractivity contribution in [2.45, 2.75) is 37.3 Å². The molecule has 0 spiro atoms. The van der Waals surface area contributed by atoms with Gasteiger partial charge in [-0.05, 0) is 42.6 Å². The Labute approximate surface area is 199 Å².